The molecule has 0 aliphatic carbocycles. The van der Waals surface area contributed by atoms with Gasteiger partial charge in [0.15, 0.2) is 0 Å². The van der Waals surface area contributed by atoms with E-state index in [1.165, 1.54) is 12.0 Å². The van der Waals surface area contributed by atoms with Gasteiger partial charge in [-0.05, 0) is 0 Å². The van der Waals surface area contributed by atoms with Crippen LogP contribution in [0.2, 0.25) is 0 Å². The number of aliphatic carboxylic acids is 1. The molecule has 1 rings (SSSR count). The lowest BCUT2D eigenvalue weighted by molar-refractivity contribution is -0.153. The van der Waals surface area contributed by atoms with Gasteiger partial charge in [-0.25, -0.2) is 0 Å². The average Bonchev–Trinajstić information content (AvgIpc) is 2.28. The molecule has 0 aromatic rings. The summed E-state index contributed by atoms with van der Waals surface area (Å²) in [5.41, 5.74) is 0. The number of carbonyl (C=O) groups is 3. The summed E-state index contributed by atoms with van der Waals surface area (Å²) < 4.78 is 9.79. The predicted molar refractivity (Wildman–Crippen MR) is 55.2 cm³/mol. The number of hydrogen-bond acceptors (Lipinski definition) is 5. The molecule has 17 heavy (non-hydrogen) atoms. The van der Waals surface area contributed by atoms with Crippen molar-refractivity contribution in [3.63, 3.8) is 0 Å². The van der Waals surface area contributed by atoms with Gasteiger partial charge in [0.05, 0.1) is 26.2 Å². The standard InChI is InChI=1S/C10H15NO6/c1-16-10(15)4-7-6-11(2-3-17-7)8(12)5-9(13)14/h7H,2-6H2,1H3,(H,13,14). The van der Waals surface area contributed by atoms with Gasteiger partial charge in [-0.1, -0.05) is 0 Å². The Kier molecular flexibility index (Phi) is 4.89. The monoisotopic (exact) mass is 245 g/mol. The third kappa shape index (κ3) is 4.39. The zero-order valence-electron chi connectivity index (χ0n) is 9.55. The van der Waals surface area contributed by atoms with E-state index >= 15 is 0 Å². The van der Waals surface area contributed by atoms with Crippen molar-refractivity contribution in [2.75, 3.05) is 26.8 Å². The van der Waals surface area contributed by atoms with Crippen LogP contribution in [-0.4, -0.2) is 60.8 Å². The van der Waals surface area contributed by atoms with Crippen molar-refractivity contribution in [3.8, 4) is 0 Å². The van der Waals surface area contributed by atoms with Crippen molar-refractivity contribution in [2.24, 2.45) is 0 Å². The van der Waals surface area contributed by atoms with Gasteiger partial charge in [0.1, 0.15) is 6.42 Å². The number of carboxylic acids is 1. The van der Waals surface area contributed by atoms with Gasteiger partial charge in [0.2, 0.25) is 5.91 Å². The molecule has 1 fully saturated rings. The molecule has 1 aliphatic rings. The highest BCUT2D eigenvalue weighted by molar-refractivity contribution is 5.93. The second kappa shape index (κ2) is 6.19. The second-order valence-corrected chi connectivity index (χ2v) is 3.68. The fraction of sp³-hybridized carbons (Fsp3) is 0.700. The summed E-state index contributed by atoms with van der Waals surface area (Å²) in [7, 11) is 1.28. The molecule has 0 saturated carbocycles. The molecule has 1 unspecified atom stereocenters. The van der Waals surface area contributed by atoms with Gasteiger partial charge < -0.3 is 19.5 Å². The molecule has 7 heteroatoms. The number of nitrogens with zero attached hydrogens (tertiary/aromatic N) is 1. The number of hydrogen-bond donors (Lipinski definition) is 1. The number of amides is 1. The molecule has 96 valence electrons. The largest absolute Gasteiger partial charge is 0.481 e. The maximum atomic E-state index is 11.5. The normalized spacial score (nSPS) is 19.8. The molecule has 1 aliphatic heterocycles. The predicted octanol–water partition coefficient (Wildman–Crippen LogP) is -0.748. The van der Waals surface area contributed by atoms with Gasteiger partial charge in [-0.3, -0.25) is 14.4 Å². The zero-order valence-corrected chi connectivity index (χ0v) is 9.55. The zero-order chi connectivity index (χ0) is 12.8. The SMILES string of the molecule is COC(=O)CC1CN(C(=O)CC(=O)O)CCO1. The number of carboxylic acid groups (broad SMARTS) is 1. The van der Waals surface area contributed by atoms with Gasteiger partial charge >= 0.3 is 11.9 Å². The van der Waals surface area contributed by atoms with Crippen molar-refractivity contribution in [1.82, 2.24) is 4.90 Å². The lowest BCUT2D eigenvalue weighted by atomic mass is 10.2. The quantitative estimate of drug-likeness (QED) is 0.517. The van der Waals surface area contributed by atoms with E-state index in [-0.39, 0.29) is 13.0 Å². The Labute approximate surface area is 98.3 Å². The van der Waals surface area contributed by atoms with Crippen molar-refractivity contribution in [3.05, 3.63) is 0 Å². The Morgan fingerprint density at radius 1 is 1.47 bits per heavy atom. The van der Waals surface area contributed by atoms with Gasteiger partial charge in [0, 0.05) is 13.1 Å². The first-order chi connectivity index (χ1) is 8.02. The molecule has 1 saturated heterocycles. The molecular formula is C10H15NO6. The minimum Gasteiger partial charge on any atom is -0.481 e. The number of morpholine rings is 1. The molecule has 1 atom stereocenters. The second-order valence-electron chi connectivity index (χ2n) is 3.68. The van der Waals surface area contributed by atoms with E-state index in [9.17, 15) is 14.4 Å². The van der Waals surface area contributed by atoms with Crippen LogP contribution in [0.1, 0.15) is 12.8 Å². The van der Waals surface area contributed by atoms with Crippen LogP contribution in [-0.2, 0) is 23.9 Å². The van der Waals surface area contributed by atoms with Crippen LogP contribution in [0.15, 0.2) is 0 Å². The van der Waals surface area contributed by atoms with E-state index in [1.54, 1.807) is 0 Å². The molecule has 0 bridgehead atoms. The summed E-state index contributed by atoms with van der Waals surface area (Å²) in [6, 6.07) is 0. The molecule has 1 amide bonds. The third-order valence-corrected chi connectivity index (χ3v) is 2.42. The maximum absolute atomic E-state index is 11.5. The first-order valence-electron chi connectivity index (χ1n) is 5.21. The van der Waals surface area contributed by atoms with Crippen LogP contribution in [0.3, 0.4) is 0 Å². The van der Waals surface area contributed by atoms with Crippen molar-refractivity contribution in [1.29, 1.82) is 0 Å². The molecule has 0 spiro atoms. The summed E-state index contributed by atoms with van der Waals surface area (Å²) >= 11 is 0. The molecular weight excluding hydrogens is 230 g/mol. The van der Waals surface area contributed by atoms with Gasteiger partial charge in [0.25, 0.3) is 0 Å². The summed E-state index contributed by atoms with van der Waals surface area (Å²) in [6.45, 7) is 0.873. The van der Waals surface area contributed by atoms with Crippen LogP contribution in [0.5, 0.6) is 0 Å². The van der Waals surface area contributed by atoms with Crippen molar-refractivity contribution in [2.45, 2.75) is 18.9 Å². The smallest absolute Gasteiger partial charge is 0.312 e. The molecule has 1 heterocycles. The first kappa shape index (κ1) is 13.4. The summed E-state index contributed by atoms with van der Waals surface area (Å²) in [4.78, 5) is 34.3. The number of rotatable bonds is 4. The van der Waals surface area contributed by atoms with Crippen LogP contribution in [0.4, 0.5) is 0 Å². The van der Waals surface area contributed by atoms with Gasteiger partial charge in [-0.15, -0.1) is 0 Å². The van der Waals surface area contributed by atoms with Gasteiger partial charge in [-0.2, -0.15) is 0 Å². The highest BCUT2D eigenvalue weighted by atomic mass is 16.5. The maximum Gasteiger partial charge on any atom is 0.312 e. The molecule has 1 N–H and O–H groups in total. The van der Waals surface area contributed by atoms with E-state index in [4.69, 9.17) is 9.84 Å². The highest BCUT2D eigenvalue weighted by Gasteiger charge is 2.27. The number of esters is 1. The van der Waals surface area contributed by atoms with E-state index in [0.29, 0.717) is 13.2 Å². The lowest BCUT2D eigenvalue weighted by Gasteiger charge is -2.32. The lowest BCUT2D eigenvalue weighted by Crippen LogP contribution is -2.46. The highest BCUT2D eigenvalue weighted by Crippen LogP contribution is 2.10. The Balaban J connectivity index is 2.45. The minimum absolute atomic E-state index is 0.0628. The van der Waals surface area contributed by atoms with E-state index in [2.05, 4.69) is 4.74 Å². The topological polar surface area (TPSA) is 93.1 Å². The van der Waals surface area contributed by atoms with Crippen LogP contribution in [0.25, 0.3) is 0 Å². The minimum atomic E-state index is -1.16. The molecule has 0 aromatic carbocycles. The Hall–Kier alpha value is -1.63. The fourth-order valence-electron chi connectivity index (χ4n) is 1.58. The van der Waals surface area contributed by atoms with Crippen LogP contribution >= 0.6 is 0 Å². The molecule has 7 nitrogen and oxygen atoms in total. The first-order valence-corrected chi connectivity index (χ1v) is 5.21. The fourth-order valence-corrected chi connectivity index (χ4v) is 1.58. The third-order valence-electron chi connectivity index (χ3n) is 2.42. The Morgan fingerprint density at radius 2 is 2.18 bits per heavy atom. The van der Waals surface area contributed by atoms with E-state index < -0.39 is 30.4 Å². The molecule has 0 aromatic heterocycles. The van der Waals surface area contributed by atoms with E-state index in [1.807, 2.05) is 0 Å². The molecule has 0 radical (unpaired) electrons. The average molecular weight is 245 g/mol. The summed E-state index contributed by atoms with van der Waals surface area (Å²) in [6.07, 6.45) is -0.896. The summed E-state index contributed by atoms with van der Waals surface area (Å²) in [5.74, 6) is -2.04. The van der Waals surface area contributed by atoms with Crippen LogP contribution in [0, 0.1) is 0 Å². The number of methoxy groups -OCH3 is 1. The van der Waals surface area contributed by atoms with Crippen LogP contribution < -0.4 is 0 Å². The van der Waals surface area contributed by atoms with E-state index in [0.717, 1.165) is 0 Å². The van der Waals surface area contributed by atoms with Crippen molar-refractivity contribution < 1.29 is 29.0 Å². The number of ether oxygens (including phenoxy) is 2. The number of carbonyl (C=O) groups excluding carboxylic acids is 2. The Morgan fingerprint density at radius 3 is 2.76 bits per heavy atom. The van der Waals surface area contributed by atoms with Crippen molar-refractivity contribution >= 4 is 17.8 Å². The Bertz CT molecular complexity index is 316. The summed E-state index contributed by atoms with van der Waals surface area (Å²) in [5, 5.41) is 8.51.